The molecule has 0 heterocycles. The van der Waals surface area contributed by atoms with E-state index in [0.717, 1.165) is 16.9 Å². The van der Waals surface area contributed by atoms with Crippen molar-refractivity contribution in [3.05, 3.63) is 65.5 Å². The van der Waals surface area contributed by atoms with E-state index in [1.807, 2.05) is 36.4 Å². The second kappa shape index (κ2) is 7.23. The van der Waals surface area contributed by atoms with E-state index in [0.29, 0.717) is 12.5 Å². The molecule has 0 saturated carbocycles. The van der Waals surface area contributed by atoms with Crippen LogP contribution in [0, 0.1) is 11.7 Å². The number of nitrogens with one attached hydrogen (secondary N) is 1. The van der Waals surface area contributed by atoms with Gasteiger partial charge in [-0.15, -0.1) is 0 Å². The van der Waals surface area contributed by atoms with E-state index in [4.69, 9.17) is 4.74 Å². The van der Waals surface area contributed by atoms with Crippen LogP contribution < -0.4 is 10.1 Å². The standard InChI is InChI=1S/C18H22FNO/c1-13(2)18(14-8-10-16(19)11-9-14)20-12-15-6-4-5-7-17(15)21-3/h4-11,13,18,20H,12H2,1-3H3. The van der Waals surface area contributed by atoms with Crippen LogP contribution in [0.25, 0.3) is 0 Å². The van der Waals surface area contributed by atoms with Crippen molar-refractivity contribution >= 4 is 0 Å². The molecule has 0 fully saturated rings. The number of methoxy groups -OCH3 is 1. The minimum absolute atomic E-state index is 0.176. The first-order chi connectivity index (χ1) is 10.1. The summed E-state index contributed by atoms with van der Waals surface area (Å²) in [5.74, 6) is 1.09. The summed E-state index contributed by atoms with van der Waals surface area (Å²) in [4.78, 5) is 0. The van der Waals surface area contributed by atoms with E-state index in [1.54, 1.807) is 7.11 Å². The van der Waals surface area contributed by atoms with E-state index in [2.05, 4.69) is 19.2 Å². The highest BCUT2D eigenvalue weighted by molar-refractivity contribution is 5.33. The predicted molar refractivity (Wildman–Crippen MR) is 83.8 cm³/mol. The Morgan fingerprint density at radius 2 is 1.71 bits per heavy atom. The van der Waals surface area contributed by atoms with Crippen LogP contribution in [0.2, 0.25) is 0 Å². The maximum Gasteiger partial charge on any atom is 0.123 e. The first kappa shape index (κ1) is 15.5. The monoisotopic (exact) mass is 287 g/mol. The molecule has 0 bridgehead atoms. The summed E-state index contributed by atoms with van der Waals surface area (Å²) >= 11 is 0. The van der Waals surface area contributed by atoms with Gasteiger partial charge < -0.3 is 10.1 Å². The van der Waals surface area contributed by atoms with Crippen molar-refractivity contribution in [2.24, 2.45) is 5.92 Å². The van der Waals surface area contributed by atoms with Gasteiger partial charge in [0.2, 0.25) is 0 Å². The van der Waals surface area contributed by atoms with Gasteiger partial charge in [0.25, 0.3) is 0 Å². The molecular formula is C18H22FNO. The third kappa shape index (κ3) is 4.05. The van der Waals surface area contributed by atoms with Gasteiger partial charge in [0.15, 0.2) is 0 Å². The molecule has 21 heavy (non-hydrogen) atoms. The molecule has 0 spiro atoms. The maximum atomic E-state index is 13.1. The highest BCUT2D eigenvalue weighted by Gasteiger charge is 2.16. The van der Waals surface area contributed by atoms with Gasteiger partial charge in [-0.05, 0) is 29.7 Å². The molecule has 112 valence electrons. The molecule has 0 radical (unpaired) electrons. The zero-order valence-corrected chi connectivity index (χ0v) is 12.8. The summed E-state index contributed by atoms with van der Waals surface area (Å²) in [5, 5.41) is 3.54. The van der Waals surface area contributed by atoms with Crippen LogP contribution in [0.15, 0.2) is 48.5 Å². The summed E-state index contributed by atoms with van der Waals surface area (Å²) < 4.78 is 18.4. The summed E-state index contributed by atoms with van der Waals surface area (Å²) in [6, 6.07) is 14.8. The van der Waals surface area contributed by atoms with E-state index in [9.17, 15) is 4.39 Å². The highest BCUT2D eigenvalue weighted by Crippen LogP contribution is 2.24. The Hall–Kier alpha value is -1.87. The zero-order chi connectivity index (χ0) is 15.2. The average molecular weight is 287 g/mol. The Labute approximate surface area is 126 Å². The molecule has 0 amide bonds. The first-order valence-corrected chi connectivity index (χ1v) is 7.22. The molecule has 0 aliphatic carbocycles. The Balaban J connectivity index is 2.12. The molecule has 1 unspecified atom stereocenters. The third-order valence-electron chi connectivity index (χ3n) is 3.60. The molecule has 2 nitrogen and oxygen atoms in total. The molecule has 0 aromatic heterocycles. The van der Waals surface area contributed by atoms with Gasteiger partial charge in [0.1, 0.15) is 11.6 Å². The van der Waals surface area contributed by atoms with Crippen LogP contribution in [0.5, 0.6) is 5.75 Å². The Morgan fingerprint density at radius 1 is 1.05 bits per heavy atom. The van der Waals surface area contributed by atoms with Crippen molar-refractivity contribution < 1.29 is 9.13 Å². The summed E-state index contributed by atoms with van der Waals surface area (Å²) in [7, 11) is 1.68. The SMILES string of the molecule is COc1ccccc1CNC(c1ccc(F)cc1)C(C)C. The van der Waals surface area contributed by atoms with Crippen molar-refractivity contribution in [1.29, 1.82) is 0 Å². The van der Waals surface area contributed by atoms with E-state index < -0.39 is 0 Å². The van der Waals surface area contributed by atoms with Crippen molar-refractivity contribution in [1.82, 2.24) is 5.32 Å². The molecule has 1 N–H and O–H groups in total. The third-order valence-corrected chi connectivity index (χ3v) is 3.60. The lowest BCUT2D eigenvalue weighted by molar-refractivity contribution is 0.388. The maximum absolute atomic E-state index is 13.1. The van der Waals surface area contributed by atoms with Gasteiger partial charge in [-0.2, -0.15) is 0 Å². The lowest BCUT2D eigenvalue weighted by atomic mass is 9.95. The van der Waals surface area contributed by atoms with Crippen LogP contribution in [0.4, 0.5) is 4.39 Å². The number of hydrogen-bond acceptors (Lipinski definition) is 2. The Kier molecular flexibility index (Phi) is 5.34. The van der Waals surface area contributed by atoms with E-state index in [-0.39, 0.29) is 11.9 Å². The summed E-state index contributed by atoms with van der Waals surface area (Å²) in [6.07, 6.45) is 0. The van der Waals surface area contributed by atoms with Crippen LogP contribution in [-0.2, 0) is 6.54 Å². The van der Waals surface area contributed by atoms with E-state index >= 15 is 0 Å². The number of ether oxygens (including phenoxy) is 1. The lowest BCUT2D eigenvalue weighted by Crippen LogP contribution is -2.25. The molecule has 2 rings (SSSR count). The van der Waals surface area contributed by atoms with Crippen LogP contribution in [0.3, 0.4) is 0 Å². The smallest absolute Gasteiger partial charge is 0.123 e. The summed E-state index contributed by atoms with van der Waals surface area (Å²) in [6.45, 7) is 5.02. The summed E-state index contributed by atoms with van der Waals surface area (Å²) in [5.41, 5.74) is 2.22. The van der Waals surface area contributed by atoms with Crippen molar-refractivity contribution in [3.63, 3.8) is 0 Å². The Bertz CT molecular complexity index is 566. The number of halogens is 1. The van der Waals surface area contributed by atoms with Gasteiger partial charge in [0, 0.05) is 18.2 Å². The second-order valence-electron chi connectivity index (χ2n) is 5.47. The molecular weight excluding hydrogens is 265 g/mol. The molecule has 0 aliphatic rings. The normalized spacial score (nSPS) is 12.4. The van der Waals surface area contributed by atoms with Crippen molar-refractivity contribution in [2.75, 3.05) is 7.11 Å². The van der Waals surface area contributed by atoms with Gasteiger partial charge in [0.05, 0.1) is 7.11 Å². The Morgan fingerprint density at radius 3 is 2.33 bits per heavy atom. The molecule has 3 heteroatoms. The minimum Gasteiger partial charge on any atom is -0.496 e. The second-order valence-corrected chi connectivity index (χ2v) is 5.47. The number of para-hydroxylation sites is 1. The van der Waals surface area contributed by atoms with Crippen molar-refractivity contribution in [3.8, 4) is 5.75 Å². The van der Waals surface area contributed by atoms with Crippen LogP contribution >= 0.6 is 0 Å². The zero-order valence-electron chi connectivity index (χ0n) is 12.8. The molecule has 1 atom stereocenters. The van der Waals surface area contributed by atoms with Crippen LogP contribution in [0.1, 0.15) is 31.0 Å². The fourth-order valence-electron chi connectivity index (χ4n) is 2.48. The topological polar surface area (TPSA) is 21.3 Å². The predicted octanol–water partition coefficient (Wildman–Crippen LogP) is 4.32. The largest absolute Gasteiger partial charge is 0.496 e. The van der Waals surface area contributed by atoms with Gasteiger partial charge >= 0.3 is 0 Å². The average Bonchev–Trinajstić information content (AvgIpc) is 2.49. The fourth-order valence-corrected chi connectivity index (χ4v) is 2.48. The number of hydrogen-bond donors (Lipinski definition) is 1. The lowest BCUT2D eigenvalue weighted by Gasteiger charge is -2.23. The molecule has 0 saturated heterocycles. The quantitative estimate of drug-likeness (QED) is 0.854. The minimum atomic E-state index is -0.203. The molecule has 2 aromatic carbocycles. The number of benzene rings is 2. The molecule has 2 aromatic rings. The fraction of sp³-hybridized carbons (Fsp3) is 0.333. The highest BCUT2D eigenvalue weighted by atomic mass is 19.1. The van der Waals surface area contributed by atoms with Gasteiger partial charge in [-0.25, -0.2) is 4.39 Å². The van der Waals surface area contributed by atoms with Gasteiger partial charge in [-0.1, -0.05) is 44.2 Å². The van der Waals surface area contributed by atoms with Crippen LogP contribution in [-0.4, -0.2) is 7.11 Å². The van der Waals surface area contributed by atoms with Gasteiger partial charge in [-0.3, -0.25) is 0 Å². The first-order valence-electron chi connectivity index (χ1n) is 7.22. The van der Waals surface area contributed by atoms with E-state index in [1.165, 1.54) is 12.1 Å². The molecule has 0 aliphatic heterocycles. The number of rotatable bonds is 6. The van der Waals surface area contributed by atoms with Crippen molar-refractivity contribution in [2.45, 2.75) is 26.4 Å².